The Kier molecular flexibility index (Phi) is 4.78. The molecule has 142 valence electrons. The average Bonchev–Trinajstić information content (AvgIpc) is 2.89. The van der Waals surface area contributed by atoms with Gasteiger partial charge in [-0.15, -0.1) is 0 Å². The summed E-state index contributed by atoms with van der Waals surface area (Å²) in [6.07, 6.45) is 1.28. The van der Waals surface area contributed by atoms with Crippen molar-refractivity contribution in [1.29, 1.82) is 0 Å². The summed E-state index contributed by atoms with van der Waals surface area (Å²) in [5.41, 5.74) is 5.20. The highest BCUT2D eigenvalue weighted by Crippen LogP contribution is 2.47. The molecule has 6 heteroatoms. The van der Waals surface area contributed by atoms with Gasteiger partial charge in [-0.3, -0.25) is 5.32 Å². The third kappa shape index (κ3) is 3.14. The molecular formula is C21H23Cl2N3O. The van der Waals surface area contributed by atoms with E-state index in [0.717, 1.165) is 25.1 Å². The largest absolute Gasteiger partial charge is 0.373 e. The van der Waals surface area contributed by atoms with Gasteiger partial charge in [0.05, 0.1) is 13.2 Å². The van der Waals surface area contributed by atoms with E-state index < -0.39 is 0 Å². The summed E-state index contributed by atoms with van der Waals surface area (Å²) < 4.78 is 6.04. The molecule has 1 unspecified atom stereocenters. The molecule has 3 atom stereocenters. The molecule has 5 rings (SSSR count). The second kappa shape index (κ2) is 7.26. The smallest absolute Gasteiger partial charge is 0.104 e. The third-order valence-electron chi connectivity index (χ3n) is 6.02. The Morgan fingerprint density at radius 3 is 3.04 bits per heavy atom. The van der Waals surface area contributed by atoms with Crippen LogP contribution >= 0.6 is 23.2 Å². The number of nitrogens with one attached hydrogen (secondary N) is 2. The molecule has 3 heterocycles. The summed E-state index contributed by atoms with van der Waals surface area (Å²) in [4.78, 5) is 2.59. The first-order valence-corrected chi connectivity index (χ1v) is 10.3. The topological polar surface area (TPSA) is 36.5 Å². The summed E-state index contributed by atoms with van der Waals surface area (Å²) >= 11 is 12.4. The molecule has 0 spiro atoms. The molecule has 3 aliphatic rings. The second-order valence-electron chi connectivity index (χ2n) is 7.58. The summed E-state index contributed by atoms with van der Waals surface area (Å²) in [7, 11) is 0. The van der Waals surface area contributed by atoms with Gasteiger partial charge in [-0.05, 0) is 36.2 Å². The minimum absolute atomic E-state index is 0.132. The minimum atomic E-state index is 0.132. The standard InChI is InChI=1S/C21H23Cl2N3O/c22-15-5-4-13(18(23)8-15)9-25-20-12-27-11-14-2-1-3-16-17-10-24-7-6-19(17)26(20)21(14)16/h1-5,8,17,19-20,24-25H,6-7,9-12H2/t17-,19-,20?/m0/s1. The van der Waals surface area contributed by atoms with Crippen molar-refractivity contribution in [3.8, 4) is 0 Å². The molecule has 0 bridgehead atoms. The first-order valence-electron chi connectivity index (χ1n) is 9.58. The Morgan fingerprint density at radius 2 is 2.15 bits per heavy atom. The van der Waals surface area contributed by atoms with Crippen LogP contribution in [0.15, 0.2) is 36.4 Å². The Labute approximate surface area is 169 Å². The van der Waals surface area contributed by atoms with E-state index in [9.17, 15) is 0 Å². The number of halogens is 2. The molecule has 1 saturated heterocycles. The van der Waals surface area contributed by atoms with Gasteiger partial charge >= 0.3 is 0 Å². The first-order chi connectivity index (χ1) is 13.2. The predicted octanol–water partition coefficient (Wildman–Crippen LogP) is 3.91. The van der Waals surface area contributed by atoms with Gasteiger partial charge in [-0.25, -0.2) is 0 Å². The van der Waals surface area contributed by atoms with Gasteiger partial charge in [0.25, 0.3) is 0 Å². The van der Waals surface area contributed by atoms with Crippen LogP contribution < -0.4 is 15.5 Å². The summed E-state index contributed by atoms with van der Waals surface area (Å²) in [5, 5.41) is 8.64. The number of rotatable bonds is 3. The van der Waals surface area contributed by atoms with Crippen LogP contribution in [0.4, 0.5) is 5.69 Å². The van der Waals surface area contributed by atoms with E-state index in [0.29, 0.717) is 41.8 Å². The van der Waals surface area contributed by atoms with Crippen molar-refractivity contribution in [3.05, 3.63) is 63.1 Å². The fourth-order valence-electron chi connectivity index (χ4n) is 4.80. The quantitative estimate of drug-likeness (QED) is 0.814. The fourth-order valence-corrected chi connectivity index (χ4v) is 5.28. The van der Waals surface area contributed by atoms with E-state index in [4.69, 9.17) is 27.9 Å². The van der Waals surface area contributed by atoms with Gasteiger partial charge in [0.15, 0.2) is 0 Å². The maximum Gasteiger partial charge on any atom is 0.104 e. The van der Waals surface area contributed by atoms with Crippen molar-refractivity contribution >= 4 is 28.9 Å². The molecule has 0 aliphatic carbocycles. The maximum absolute atomic E-state index is 6.37. The predicted molar refractivity (Wildman–Crippen MR) is 110 cm³/mol. The molecule has 1 fully saturated rings. The van der Waals surface area contributed by atoms with Crippen molar-refractivity contribution in [2.24, 2.45) is 0 Å². The third-order valence-corrected chi connectivity index (χ3v) is 6.61. The molecule has 27 heavy (non-hydrogen) atoms. The van der Waals surface area contributed by atoms with Crippen LogP contribution in [0.5, 0.6) is 0 Å². The van der Waals surface area contributed by atoms with Gasteiger partial charge in [-0.2, -0.15) is 0 Å². The number of para-hydroxylation sites is 1. The molecule has 0 radical (unpaired) electrons. The number of fused-ring (bicyclic) bond motifs is 3. The zero-order chi connectivity index (χ0) is 18.4. The highest BCUT2D eigenvalue weighted by Gasteiger charge is 2.44. The molecule has 3 aliphatic heterocycles. The molecule has 0 aromatic heterocycles. The first kappa shape index (κ1) is 17.8. The lowest BCUT2D eigenvalue weighted by Gasteiger charge is -2.39. The number of benzene rings is 2. The van der Waals surface area contributed by atoms with Crippen molar-refractivity contribution in [2.45, 2.75) is 37.7 Å². The van der Waals surface area contributed by atoms with Crippen molar-refractivity contribution in [2.75, 3.05) is 24.6 Å². The molecular weight excluding hydrogens is 381 g/mol. The van der Waals surface area contributed by atoms with E-state index >= 15 is 0 Å². The van der Waals surface area contributed by atoms with Crippen molar-refractivity contribution < 1.29 is 4.74 Å². The van der Waals surface area contributed by atoms with Gasteiger partial charge < -0.3 is 15.0 Å². The van der Waals surface area contributed by atoms with Gasteiger partial charge in [0.2, 0.25) is 0 Å². The lowest BCUT2D eigenvalue weighted by atomic mass is 9.89. The maximum atomic E-state index is 6.37. The number of ether oxygens (including phenoxy) is 1. The molecule has 0 saturated carbocycles. The van der Waals surface area contributed by atoms with Crippen molar-refractivity contribution in [3.63, 3.8) is 0 Å². The van der Waals surface area contributed by atoms with Crippen LogP contribution in [-0.2, 0) is 17.9 Å². The van der Waals surface area contributed by atoms with E-state index in [2.05, 4.69) is 33.7 Å². The van der Waals surface area contributed by atoms with Crippen LogP contribution in [0.1, 0.15) is 29.0 Å². The normalized spacial score (nSPS) is 26.4. The van der Waals surface area contributed by atoms with Crippen LogP contribution in [0.2, 0.25) is 10.0 Å². The summed E-state index contributed by atoms with van der Waals surface area (Å²) in [6, 6.07) is 12.9. The highest BCUT2D eigenvalue weighted by molar-refractivity contribution is 6.35. The summed E-state index contributed by atoms with van der Waals surface area (Å²) in [6.45, 7) is 4.14. The fraction of sp³-hybridized carbons (Fsp3) is 0.429. The minimum Gasteiger partial charge on any atom is -0.373 e. The van der Waals surface area contributed by atoms with Crippen molar-refractivity contribution in [1.82, 2.24) is 10.6 Å². The van der Waals surface area contributed by atoms with Crippen LogP contribution in [-0.4, -0.2) is 31.9 Å². The second-order valence-corrected chi connectivity index (χ2v) is 8.42. The van der Waals surface area contributed by atoms with Crippen LogP contribution in [0, 0.1) is 0 Å². The Bertz CT molecular complexity index is 859. The number of anilines is 1. The number of nitrogens with zero attached hydrogens (tertiary/aromatic N) is 1. The van der Waals surface area contributed by atoms with Crippen LogP contribution in [0.3, 0.4) is 0 Å². The lowest BCUT2D eigenvalue weighted by Crippen LogP contribution is -2.54. The molecule has 4 nitrogen and oxygen atoms in total. The zero-order valence-electron chi connectivity index (χ0n) is 15.1. The van der Waals surface area contributed by atoms with Crippen LogP contribution in [0.25, 0.3) is 0 Å². The lowest BCUT2D eigenvalue weighted by molar-refractivity contribution is 0.101. The van der Waals surface area contributed by atoms with E-state index in [-0.39, 0.29) is 6.17 Å². The van der Waals surface area contributed by atoms with E-state index in [1.165, 1.54) is 16.8 Å². The molecule has 2 aromatic rings. The molecule has 0 amide bonds. The summed E-state index contributed by atoms with van der Waals surface area (Å²) in [5.74, 6) is 0.551. The molecule has 2 aromatic carbocycles. The Hall–Kier alpha value is -1.30. The number of hydrogen-bond donors (Lipinski definition) is 2. The van der Waals surface area contributed by atoms with Gasteiger partial charge in [0, 0.05) is 46.3 Å². The Balaban J connectivity index is 1.45. The van der Waals surface area contributed by atoms with E-state index in [1.54, 1.807) is 6.07 Å². The van der Waals surface area contributed by atoms with Gasteiger partial charge in [-0.1, -0.05) is 47.5 Å². The SMILES string of the molecule is Clc1ccc(CNC2COCc3cccc4c3N2[C@H]2CCNC[C@@H]42)c(Cl)c1. The highest BCUT2D eigenvalue weighted by atomic mass is 35.5. The Morgan fingerprint density at radius 1 is 1.22 bits per heavy atom. The van der Waals surface area contributed by atoms with Gasteiger partial charge in [0.1, 0.15) is 6.17 Å². The average molecular weight is 404 g/mol. The zero-order valence-corrected chi connectivity index (χ0v) is 16.6. The molecule has 2 N–H and O–H groups in total. The van der Waals surface area contributed by atoms with E-state index in [1.807, 2.05) is 12.1 Å². The number of hydrogen-bond acceptors (Lipinski definition) is 4. The number of piperidine rings is 1. The monoisotopic (exact) mass is 403 g/mol.